The third kappa shape index (κ3) is 5.56. The van der Waals surface area contributed by atoms with Crippen LogP contribution in [0.1, 0.15) is 59.1 Å². The van der Waals surface area contributed by atoms with Crippen LogP contribution in [0.15, 0.2) is 60.7 Å². The monoisotopic (exact) mass is 444 g/mol. The zero-order chi connectivity index (χ0) is 23.2. The number of hydrogen-bond acceptors (Lipinski definition) is 3. The zero-order valence-corrected chi connectivity index (χ0v) is 20.2. The first-order valence-corrected chi connectivity index (χ1v) is 12.3. The summed E-state index contributed by atoms with van der Waals surface area (Å²) in [5.74, 6) is 0.440. The van der Waals surface area contributed by atoms with Gasteiger partial charge < -0.3 is 9.30 Å². The van der Waals surface area contributed by atoms with Crippen molar-refractivity contribution >= 4 is 5.97 Å². The lowest BCUT2D eigenvalue weighted by Gasteiger charge is -2.35. The Labute approximate surface area is 198 Å². The molecule has 1 atom stereocenters. The first-order valence-electron chi connectivity index (χ1n) is 12.3. The lowest BCUT2D eigenvalue weighted by atomic mass is 9.86. The molecule has 4 rings (SSSR count). The molecule has 4 heteroatoms. The number of aromatic nitrogens is 1. The van der Waals surface area contributed by atoms with E-state index in [2.05, 4.69) is 48.4 Å². The van der Waals surface area contributed by atoms with Gasteiger partial charge in [-0.05, 0) is 94.0 Å². The van der Waals surface area contributed by atoms with Crippen LogP contribution in [0.3, 0.4) is 0 Å². The summed E-state index contributed by atoms with van der Waals surface area (Å²) in [4.78, 5) is 15.3. The van der Waals surface area contributed by atoms with Crippen molar-refractivity contribution in [2.75, 3.05) is 13.1 Å². The highest BCUT2D eigenvalue weighted by Gasteiger charge is 2.26. The predicted octanol–water partition coefficient (Wildman–Crippen LogP) is 5.98. The number of aryl methyl sites for hydroxylation is 2. The Morgan fingerprint density at radius 1 is 1.00 bits per heavy atom. The van der Waals surface area contributed by atoms with Crippen molar-refractivity contribution in [2.24, 2.45) is 0 Å². The molecular weight excluding hydrogens is 408 g/mol. The van der Waals surface area contributed by atoms with Gasteiger partial charge in [0.05, 0.1) is 5.56 Å². The van der Waals surface area contributed by atoms with Crippen LogP contribution in [0.25, 0.3) is 0 Å². The van der Waals surface area contributed by atoms with Crippen molar-refractivity contribution in [3.05, 3.63) is 88.7 Å². The molecule has 1 heterocycles. The van der Waals surface area contributed by atoms with E-state index in [1.54, 1.807) is 12.1 Å². The fourth-order valence-electron chi connectivity index (χ4n) is 5.14. The third-order valence-electron chi connectivity index (χ3n) is 6.90. The van der Waals surface area contributed by atoms with Gasteiger partial charge in [-0.25, -0.2) is 4.79 Å². The summed E-state index contributed by atoms with van der Waals surface area (Å²) in [7, 11) is 0. The van der Waals surface area contributed by atoms with Gasteiger partial charge in [0.2, 0.25) is 0 Å². The van der Waals surface area contributed by atoms with E-state index in [1.807, 2.05) is 30.3 Å². The van der Waals surface area contributed by atoms with Crippen molar-refractivity contribution in [2.45, 2.75) is 65.5 Å². The van der Waals surface area contributed by atoms with E-state index in [0.29, 0.717) is 11.6 Å². The second-order valence-corrected chi connectivity index (χ2v) is 9.20. The van der Waals surface area contributed by atoms with Gasteiger partial charge in [-0.1, -0.05) is 37.3 Å². The molecule has 0 spiro atoms. The SMILES string of the molecule is CCCN(CCCn1c(C)ccc1C)C1CCc2c(cccc2OC(=O)c2ccccc2)C1. The Kier molecular flexibility index (Phi) is 7.66. The van der Waals surface area contributed by atoms with E-state index in [-0.39, 0.29) is 5.97 Å². The Hall–Kier alpha value is -2.85. The maximum Gasteiger partial charge on any atom is 0.343 e. The smallest absolute Gasteiger partial charge is 0.343 e. The summed E-state index contributed by atoms with van der Waals surface area (Å²) in [5, 5.41) is 0. The standard InChI is InChI=1S/C29H36N2O2/c1-4-18-30(19-9-20-31-22(2)14-15-23(31)3)26-16-17-27-25(21-26)12-8-13-28(27)33-29(32)24-10-6-5-7-11-24/h5-8,10-15,26H,4,9,16-21H2,1-3H3. The summed E-state index contributed by atoms with van der Waals surface area (Å²) < 4.78 is 8.24. The van der Waals surface area contributed by atoms with Crippen LogP contribution < -0.4 is 4.74 Å². The first-order chi connectivity index (χ1) is 16.1. The van der Waals surface area contributed by atoms with Gasteiger partial charge in [-0.15, -0.1) is 0 Å². The highest BCUT2D eigenvalue weighted by Crippen LogP contribution is 2.32. The average Bonchev–Trinajstić information content (AvgIpc) is 3.16. The van der Waals surface area contributed by atoms with Gasteiger partial charge in [-0.3, -0.25) is 4.90 Å². The van der Waals surface area contributed by atoms with Crippen molar-refractivity contribution < 1.29 is 9.53 Å². The largest absolute Gasteiger partial charge is 0.423 e. The molecule has 0 bridgehead atoms. The molecule has 0 saturated carbocycles. The van der Waals surface area contributed by atoms with Crippen LogP contribution in [0.2, 0.25) is 0 Å². The summed E-state index contributed by atoms with van der Waals surface area (Å²) in [6, 6.07) is 20.4. The summed E-state index contributed by atoms with van der Waals surface area (Å²) in [5.41, 5.74) is 5.80. The maximum absolute atomic E-state index is 12.6. The second kappa shape index (κ2) is 10.8. The molecule has 0 N–H and O–H groups in total. The van der Waals surface area contributed by atoms with E-state index in [0.717, 1.165) is 51.1 Å². The van der Waals surface area contributed by atoms with Crippen molar-refractivity contribution in [3.63, 3.8) is 0 Å². The lowest BCUT2D eigenvalue weighted by molar-refractivity contribution is 0.0732. The molecule has 1 aliphatic rings. The summed E-state index contributed by atoms with van der Waals surface area (Å²) in [6.07, 6.45) is 5.41. The zero-order valence-electron chi connectivity index (χ0n) is 20.2. The molecule has 2 aromatic carbocycles. The van der Waals surface area contributed by atoms with Crippen molar-refractivity contribution in [1.29, 1.82) is 0 Å². The molecule has 0 aliphatic heterocycles. The van der Waals surface area contributed by atoms with Gasteiger partial charge in [0.1, 0.15) is 5.75 Å². The van der Waals surface area contributed by atoms with E-state index >= 15 is 0 Å². The Morgan fingerprint density at radius 2 is 1.76 bits per heavy atom. The van der Waals surface area contributed by atoms with Crippen LogP contribution in [-0.2, 0) is 19.4 Å². The minimum atomic E-state index is -0.283. The quantitative estimate of drug-likeness (QED) is 0.301. The first kappa shape index (κ1) is 23.3. The fraction of sp³-hybridized carbons (Fsp3) is 0.414. The van der Waals surface area contributed by atoms with Gasteiger partial charge in [0.25, 0.3) is 0 Å². The predicted molar refractivity (Wildman–Crippen MR) is 134 cm³/mol. The number of carbonyl (C=O) groups excluding carboxylic acids is 1. The number of esters is 1. The van der Waals surface area contributed by atoms with Crippen LogP contribution in [-0.4, -0.2) is 34.6 Å². The van der Waals surface area contributed by atoms with Gasteiger partial charge in [0, 0.05) is 30.5 Å². The molecule has 174 valence electrons. The summed E-state index contributed by atoms with van der Waals surface area (Å²) in [6.45, 7) is 9.98. The third-order valence-corrected chi connectivity index (χ3v) is 6.90. The molecule has 3 aromatic rings. The normalized spacial score (nSPS) is 15.5. The molecule has 0 radical (unpaired) electrons. The Balaban J connectivity index is 1.41. The average molecular weight is 445 g/mol. The number of ether oxygens (including phenoxy) is 1. The Morgan fingerprint density at radius 3 is 2.48 bits per heavy atom. The molecule has 0 saturated heterocycles. The molecule has 4 nitrogen and oxygen atoms in total. The van der Waals surface area contributed by atoms with Gasteiger partial charge >= 0.3 is 5.97 Å². The van der Waals surface area contributed by atoms with Crippen LogP contribution in [0.5, 0.6) is 5.75 Å². The molecule has 1 aromatic heterocycles. The van der Waals surface area contributed by atoms with E-state index < -0.39 is 0 Å². The molecule has 33 heavy (non-hydrogen) atoms. The van der Waals surface area contributed by atoms with E-state index in [9.17, 15) is 4.79 Å². The molecule has 1 unspecified atom stereocenters. The van der Waals surface area contributed by atoms with Crippen molar-refractivity contribution in [3.8, 4) is 5.75 Å². The molecule has 0 fully saturated rings. The number of hydrogen-bond donors (Lipinski definition) is 0. The molecule has 0 amide bonds. The summed E-state index contributed by atoms with van der Waals surface area (Å²) >= 11 is 0. The van der Waals surface area contributed by atoms with Crippen LogP contribution >= 0.6 is 0 Å². The number of rotatable bonds is 9. The lowest BCUT2D eigenvalue weighted by Crippen LogP contribution is -2.40. The van der Waals surface area contributed by atoms with Gasteiger partial charge in [0.15, 0.2) is 0 Å². The number of benzene rings is 2. The van der Waals surface area contributed by atoms with Gasteiger partial charge in [-0.2, -0.15) is 0 Å². The minimum absolute atomic E-state index is 0.283. The highest BCUT2D eigenvalue weighted by molar-refractivity contribution is 5.91. The molecular formula is C29H36N2O2. The Bertz CT molecular complexity index is 1050. The fourth-order valence-corrected chi connectivity index (χ4v) is 5.14. The van der Waals surface area contributed by atoms with Crippen molar-refractivity contribution in [1.82, 2.24) is 9.47 Å². The number of carbonyl (C=O) groups is 1. The molecule has 1 aliphatic carbocycles. The van der Waals surface area contributed by atoms with E-state index in [1.165, 1.54) is 28.9 Å². The highest BCUT2D eigenvalue weighted by atomic mass is 16.5. The number of fused-ring (bicyclic) bond motifs is 1. The second-order valence-electron chi connectivity index (χ2n) is 9.20. The van der Waals surface area contributed by atoms with Crippen LogP contribution in [0, 0.1) is 13.8 Å². The number of nitrogens with zero attached hydrogens (tertiary/aromatic N) is 2. The topological polar surface area (TPSA) is 34.5 Å². The maximum atomic E-state index is 12.6. The van der Waals surface area contributed by atoms with E-state index in [4.69, 9.17) is 4.74 Å². The minimum Gasteiger partial charge on any atom is -0.423 e. The van der Waals surface area contributed by atoms with Crippen LogP contribution in [0.4, 0.5) is 0 Å².